The fourth-order valence-electron chi connectivity index (χ4n) is 4.57. The molecule has 0 saturated carbocycles. The molecule has 13 heteroatoms. The molecule has 0 aromatic rings. The van der Waals surface area contributed by atoms with Crippen molar-refractivity contribution in [2.45, 2.75) is 115 Å². The number of hydrogen-bond acceptors (Lipinski definition) is 11. The second kappa shape index (κ2) is 12.1. The highest BCUT2D eigenvalue weighted by molar-refractivity contribution is 7.48. The van der Waals surface area contributed by atoms with Crippen molar-refractivity contribution in [2.75, 3.05) is 20.3 Å². The van der Waals surface area contributed by atoms with Crippen LogP contribution in [-0.2, 0) is 46.6 Å². The number of phosphoric ester groups is 1. The standard InChI is InChI=1S/C23H40NO11P/c1-7-10-12-29-36(27,30-13-11-8-2)35-23(20(25)28-6)14-16-17(24-21(26)31-16)19(34-23)18-15(9-3)32-22(4,5)33-18/h15-19H,7-14H2,1-6H3,(H,24,26)/t15-,16-,17-,18-,19?,23+/m1/s1. The van der Waals surface area contributed by atoms with Crippen molar-refractivity contribution in [2.24, 2.45) is 0 Å². The number of fused-ring (bicyclic) bond motifs is 1. The van der Waals surface area contributed by atoms with Crippen LogP contribution in [0.5, 0.6) is 0 Å². The van der Waals surface area contributed by atoms with Crippen LogP contribution in [-0.4, -0.2) is 74.4 Å². The zero-order chi connectivity index (χ0) is 26.6. The van der Waals surface area contributed by atoms with Crippen LogP contribution in [0, 0.1) is 0 Å². The molecule has 6 atom stereocenters. The molecular weight excluding hydrogens is 497 g/mol. The third kappa shape index (κ3) is 6.59. The number of carbonyl (C=O) groups excluding carboxylic acids is 2. The largest absolute Gasteiger partial charge is 0.477 e. The van der Waals surface area contributed by atoms with E-state index in [-0.39, 0.29) is 19.6 Å². The van der Waals surface area contributed by atoms with Gasteiger partial charge in [0.1, 0.15) is 18.3 Å². The highest BCUT2D eigenvalue weighted by atomic mass is 31.2. The molecule has 1 N–H and O–H groups in total. The van der Waals surface area contributed by atoms with Gasteiger partial charge in [0.15, 0.2) is 5.79 Å². The van der Waals surface area contributed by atoms with Gasteiger partial charge in [-0.3, -0.25) is 9.05 Å². The van der Waals surface area contributed by atoms with Gasteiger partial charge in [0.2, 0.25) is 0 Å². The van der Waals surface area contributed by atoms with Crippen LogP contribution in [0.25, 0.3) is 0 Å². The van der Waals surface area contributed by atoms with Crippen LogP contribution in [0.1, 0.15) is 73.1 Å². The van der Waals surface area contributed by atoms with Gasteiger partial charge in [0.05, 0.1) is 38.9 Å². The lowest BCUT2D eigenvalue weighted by atomic mass is 9.89. The zero-order valence-corrected chi connectivity index (χ0v) is 22.9. The average molecular weight is 538 g/mol. The molecule has 0 bridgehead atoms. The van der Waals surface area contributed by atoms with Crippen molar-refractivity contribution in [1.29, 1.82) is 0 Å². The first-order chi connectivity index (χ1) is 17.0. The van der Waals surface area contributed by atoms with Crippen molar-refractivity contribution in [3.8, 4) is 0 Å². The third-order valence-electron chi connectivity index (χ3n) is 6.29. The Hall–Kier alpha value is -1.27. The molecule has 0 aliphatic carbocycles. The SMILES string of the molecule is CCCCOP(=O)(OCCCC)O[C@]1(C(=O)OC)C[C@H]2OC(=O)N[C@H]2C([C@@H]2OC(C)(C)O[C@@H]2CC)O1. The van der Waals surface area contributed by atoms with Gasteiger partial charge in [-0.2, -0.15) is 0 Å². The Labute approximate surface area is 212 Å². The summed E-state index contributed by atoms with van der Waals surface area (Å²) in [5.41, 5.74) is 0. The highest BCUT2D eigenvalue weighted by Gasteiger charge is 2.64. The van der Waals surface area contributed by atoms with Crippen LogP contribution >= 0.6 is 7.82 Å². The Kier molecular flexibility index (Phi) is 9.81. The summed E-state index contributed by atoms with van der Waals surface area (Å²) in [7, 11) is -3.14. The summed E-state index contributed by atoms with van der Waals surface area (Å²) in [6.07, 6.45) is -0.539. The summed E-state index contributed by atoms with van der Waals surface area (Å²) in [5.74, 6) is -4.13. The van der Waals surface area contributed by atoms with Crippen molar-refractivity contribution in [1.82, 2.24) is 5.32 Å². The van der Waals surface area contributed by atoms with Gasteiger partial charge < -0.3 is 29.0 Å². The lowest BCUT2D eigenvalue weighted by molar-refractivity contribution is -0.283. The van der Waals surface area contributed by atoms with Crippen LogP contribution in [0.2, 0.25) is 0 Å². The van der Waals surface area contributed by atoms with Gasteiger partial charge in [0, 0.05) is 0 Å². The van der Waals surface area contributed by atoms with Crippen molar-refractivity contribution >= 4 is 19.9 Å². The normalized spacial score (nSPS) is 33.6. The summed E-state index contributed by atoms with van der Waals surface area (Å²) in [4.78, 5) is 25.4. The Morgan fingerprint density at radius 2 is 1.69 bits per heavy atom. The smallest absolute Gasteiger partial charge is 0.465 e. The summed E-state index contributed by atoms with van der Waals surface area (Å²) in [6, 6.07) is -0.670. The Morgan fingerprint density at radius 1 is 1.06 bits per heavy atom. The Balaban J connectivity index is 1.97. The first-order valence-electron chi connectivity index (χ1n) is 12.7. The van der Waals surface area contributed by atoms with E-state index in [0.717, 1.165) is 20.0 Å². The minimum absolute atomic E-state index is 0.0921. The molecule has 1 amide bonds. The van der Waals surface area contributed by atoms with E-state index in [0.29, 0.717) is 19.3 Å². The lowest BCUT2D eigenvalue weighted by Crippen LogP contribution is -2.64. The van der Waals surface area contributed by atoms with E-state index in [2.05, 4.69) is 5.32 Å². The average Bonchev–Trinajstić information content (AvgIpc) is 3.35. The molecule has 3 aliphatic heterocycles. The van der Waals surface area contributed by atoms with Crippen molar-refractivity contribution in [3.05, 3.63) is 0 Å². The molecule has 3 aliphatic rings. The summed E-state index contributed by atoms with van der Waals surface area (Å²) >= 11 is 0. The fourth-order valence-corrected chi connectivity index (χ4v) is 6.00. The second-order valence-electron chi connectivity index (χ2n) is 9.60. The van der Waals surface area contributed by atoms with Crippen LogP contribution in [0.15, 0.2) is 0 Å². The predicted octanol–water partition coefficient (Wildman–Crippen LogP) is 3.81. The molecule has 1 unspecified atom stereocenters. The summed E-state index contributed by atoms with van der Waals surface area (Å²) < 4.78 is 59.6. The molecule has 3 saturated heterocycles. The minimum Gasteiger partial charge on any atom is -0.465 e. The lowest BCUT2D eigenvalue weighted by Gasteiger charge is -2.45. The van der Waals surface area contributed by atoms with E-state index in [1.54, 1.807) is 13.8 Å². The monoisotopic (exact) mass is 537 g/mol. The van der Waals surface area contributed by atoms with E-state index in [1.165, 1.54) is 0 Å². The predicted molar refractivity (Wildman–Crippen MR) is 126 cm³/mol. The maximum atomic E-state index is 13.7. The number of unbranched alkanes of at least 4 members (excludes halogenated alkanes) is 2. The first-order valence-corrected chi connectivity index (χ1v) is 14.2. The molecule has 0 aromatic heterocycles. The third-order valence-corrected chi connectivity index (χ3v) is 7.81. The van der Waals surface area contributed by atoms with Gasteiger partial charge in [0.25, 0.3) is 5.79 Å². The van der Waals surface area contributed by atoms with E-state index in [9.17, 15) is 14.2 Å². The minimum atomic E-state index is -4.30. The molecule has 0 radical (unpaired) electrons. The number of rotatable bonds is 13. The number of alkyl carbamates (subject to hydrolysis) is 1. The zero-order valence-electron chi connectivity index (χ0n) is 22.0. The Morgan fingerprint density at radius 3 is 2.25 bits per heavy atom. The number of esters is 1. The number of methoxy groups -OCH3 is 1. The molecule has 3 heterocycles. The van der Waals surface area contributed by atoms with Crippen LogP contribution in [0.4, 0.5) is 4.79 Å². The van der Waals surface area contributed by atoms with Crippen LogP contribution in [0.3, 0.4) is 0 Å². The van der Waals surface area contributed by atoms with Crippen molar-refractivity contribution < 1.29 is 51.4 Å². The Bertz CT molecular complexity index is 810. The van der Waals surface area contributed by atoms with Crippen LogP contribution < -0.4 is 5.32 Å². The molecule has 3 fully saturated rings. The fraction of sp³-hybridized carbons (Fsp3) is 0.913. The molecule has 0 aromatic carbocycles. The summed E-state index contributed by atoms with van der Waals surface area (Å²) in [6.45, 7) is 9.54. The first kappa shape index (κ1) is 29.3. The molecule has 36 heavy (non-hydrogen) atoms. The molecular formula is C23H40NO11P. The molecule has 0 spiro atoms. The number of amides is 1. The number of nitrogens with one attached hydrogen (secondary N) is 1. The molecule has 208 valence electrons. The molecule has 12 nitrogen and oxygen atoms in total. The van der Waals surface area contributed by atoms with Gasteiger partial charge in [-0.1, -0.05) is 33.6 Å². The maximum Gasteiger partial charge on any atom is 0.477 e. The van der Waals surface area contributed by atoms with Gasteiger partial charge in [-0.15, -0.1) is 0 Å². The summed E-state index contributed by atoms with van der Waals surface area (Å²) in [5, 5.41) is 2.74. The topological polar surface area (TPSA) is 137 Å². The van der Waals surface area contributed by atoms with E-state index < -0.39 is 61.9 Å². The maximum absolute atomic E-state index is 13.7. The quantitative estimate of drug-likeness (QED) is 0.209. The van der Waals surface area contributed by atoms with Gasteiger partial charge >= 0.3 is 19.9 Å². The number of phosphoric acid groups is 1. The van der Waals surface area contributed by atoms with E-state index in [1.807, 2.05) is 20.8 Å². The number of hydrogen-bond donors (Lipinski definition) is 1. The van der Waals surface area contributed by atoms with Crippen molar-refractivity contribution in [3.63, 3.8) is 0 Å². The second-order valence-corrected chi connectivity index (χ2v) is 11.2. The van der Waals surface area contributed by atoms with Gasteiger partial charge in [-0.05, 0) is 33.1 Å². The van der Waals surface area contributed by atoms with E-state index >= 15 is 0 Å². The number of carbonyl (C=O) groups is 2. The van der Waals surface area contributed by atoms with E-state index in [4.69, 9.17) is 37.3 Å². The highest BCUT2D eigenvalue weighted by Crippen LogP contribution is 2.56. The number of ether oxygens (including phenoxy) is 5. The van der Waals surface area contributed by atoms with Gasteiger partial charge in [-0.25, -0.2) is 18.7 Å². The molecule has 3 rings (SSSR count).